The average Bonchev–Trinajstić information content (AvgIpc) is 2.87. The largest absolute Gasteiger partial charge is 0.352 e. The van der Waals surface area contributed by atoms with E-state index < -0.39 is 0 Å². The van der Waals surface area contributed by atoms with Crippen LogP contribution >= 0.6 is 0 Å². The van der Waals surface area contributed by atoms with E-state index in [4.69, 9.17) is 9.47 Å². The highest BCUT2D eigenvalue weighted by atomic mass is 16.7. The molecule has 0 N–H and O–H groups in total. The van der Waals surface area contributed by atoms with E-state index in [1.165, 1.54) is 44.1 Å². The summed E-state index contributed by atoms with van der Waals surface area (Å²) in [7, 11) is 0. The van der Waals surface area contributed by atoms with Crippen LogP contribution in [-0.2, 0) is 15.9 Å². The Balaban J connectivity index is 1.68. The molecule has 0 aromatic heterocycles. The first-order valence-corrected chi connectivity index (χ1v) is 8.69. The summed E-state index contributed by atoms with van der Waals surface area (Å²) in [6.45, 7) is 3.14. The second kappa shape index (κ2) is 7.42. The molecule has 3 rings (SSSR count). The molecule has 0 spiro atoms. The number of benzene rings is 1. The molecule has 0 radical (unpaired) electrons. The van der Waals surface area contributed by atoms with Crippen molar-refractivity contribution in [3.63, 3.8) is 0 Å². The van der Waals surface area contributed by atoms with E-state index in [-0.39, 0.29) is 6.29 Å². The summed E-state index contributed by atoms with van der Waals surface area (Å²) >= 11 is 0. The van der Waals surface area contributed by atoms with Gasteiger partial charge in [-0.3, -0.25) is 0 Å². The second-order valence-electron chi connectivity index (χ2n) is 6.57. The summed E-state index contributed by atoms with van der Waals surface area (Å²) in [5.41, 5.74) is 1.44. The molecule has 2 heteroatoms. The Hall–Kier alpha value is -0.860. The molecule has 0 bridgehead atoms. The van der Waals surface area contributed by atoms with Gasteiger partial charge in [-0.05, 0) is 37.2 Å². The molecular weight excluding hydrogens is 260 g/mol. The van der Waals surface area contributed by atoms with Crippen LogP contribution in [0.1, 0.15) is 51.0 Å². The Labute approximate surface area is 128 Å². The molecule has 0 saturated carbocycles. The quantitative estimate of drug-likeness (QED) is 0.713. The van der Waals surface area contributed by atoms with Gasteiger partial charge in [0.25, 0.3) is 0 Å². The summed E-state index contributed by atoms with van der Waals surface area (Å²) in [6, 6.07) is 10.9. The molecule has 2 aliphatic heterocycles. The predicted octanol–water partition coefficient (Wildman–Crippen LogP) is 4.58. The molecule has 1 aromatic carbocycles. The zero-order chi connectivity index (χ0) is 14.5. The minimum Gasteiger partial charge on any atom is -0.352 e. The maximum atomic E-state index is 6.27. The highest BCUT2D eigenvalue weighted by Crippen LogP contribution is 2.42. The lowest BCUT2D eigenvalue weighted by atomic mass is 9.80. The topological polar surface area (TPSA) is 18.5 Å². The molecule has 116 valence electrons. The van der Waals surface area contributed by atoms with Gasteiger partial charge in [-0.15, -0.1) is 0 Å². The maximum Gasteiger partial charge on any atom is 0.161 e. The number of unbranched alkanes of at least 4 members (excludes halogenated alkanes) is 2. The fourth-order valence-electron chi connectivity index (χ4n) is 3.93. The monoisotopic (exact) mass is 288 g/mol. The van der Waals surface area contributed by atoms with E-state index in [0.29, 0.717) is 17.9 Å². The van der Waals surface area contributed by atoms with Crippen molar-refractivity contribution in [3.8, 4) is 0 Å². The van der Waals surface area contributed by atoms with Gasteiger partial charge in [0.05, 0.1) is 6.10 Å². The van der Waals surface area contributed by atoms with Gasteiger partial charge < -0.3 is 9.47 Å². The fraction of sp³-hybridized carbons (Fsp3) is 0.684. The Morgan fingerprint density at radius 3 is 2.81 bits per heavy atom. The normalized spacial score (nSPS) is 32.0. The highest BCUT2D eigenvalue weighted by molar-refractivity contribution is 5.16. The summed E-state index contributed by atoms with van der Waals surface area (Å²) < 4.78 is 12.2. The predicted molar refractivity (Wildman–Crippen MR) is 85.1 cm³/mol. The van der Waals surface area contributed by atoms with Crippen molar-refractivity contribution >= 4 is 0 Å². The molecule has 4 atom stereocenters. The minimum absolute atomic E-state index is 0.0686. The van der Waals surface area contributed by atoms with Crippen molar-refractivity contribution in [1.82, 2.24) is 0 Å². The van der Waals surface area contributed by atoms with Crippen LogP contribution in [-0.4, -0.2) is 19.0 Å². The summed E-state index contributed by atoms with van der Waals surface area (Å²) in [4.78, 5) is 0. The van der Waals surface area contributed by atoms with Crippen molar-refractivity contribution < 1.29 is 9.47 Å². The molecule has 2 heterocycles. The third kappa shape index (κ3) is 3.67. The van der Waals surface area contributed by atoms with Crippen LogP contribution in [0.25, 0.3) is 0 Å². The zero-order valence-electron chi connectivity index (χ0n) is 13.2. The zero-order valence-corrected chi connectivity index (χ0v) is 13.2. The van der Waals surface area contributed by atoms with Gasteiger partial charge >= 0.3 is 0 Å². The van der Waals surface area contributed by atoms with Crippen molar-refractivity contribution in [1.29, 1.82) is 0 Å². The average molecular weight is 288 g/mol. The van der Waals surface area contributed by atoms with Crippen molar-refractivity contribution in [2.75, 3.05) is 6.61 Å². The lowest BCUT2D eigenvalue weighted by molar-refractivity contribution is -0.167. The van der Waals surface area contributed by atoms with Gasteiger partial charge in [-0.2, -0.15) is 0 Å². The van der Waals surface area contributed by atoms with Crippen LogP contribution in [0.2, 0.25) is 0 Å². The number of hydrogen-bond donors (Lipinski definition) is 0. The number of hydrogen-bond acceptors (Lipinski definition) is 2. The standard InChI is InChI=1S/C19H28O2/c1-2-3-5-12-18-17(14-15-9-6-4-7-10-15)16-11-8-13-20-19(16)21-18/h4,6-7,9-10,16-19H,2-3,5,8,11-14H2,1H3/t16?,17-,18+,19?/m0/s1. The first kappa shape index (κ1) is 15.1. The van der Waals surface area contributed by atoms with E-state index in [1.54, 1.807) is 0 Å². The molecular formula is C19H28O2. The first-order valence-electron chi connectivity index (χ1n) is 8.69. The molecule has 2 saturated heterocycles. The van der Waals surface area contributed by atoms with Crippen LogP contribution in [0, 0.1) is 11.8 Å². The van der Waals surface area contributed by atoms with Crippen LogP contribution in [0.4, 0.5) is 0 Å². The van der Waals surface area contributed by atoms with E-state index in [9.17, 15) is 0 Å². The Kier molecular flexibility index (Phi) is 5.32. The lowest BCUT2D eigenvalue weighted by Gasteiger charge is -2.27. The Morgan fingerprint density at radius 1 is 1.14 bits per heavy atom. The Bertz CT molecular complexity index is 417. The Morgan fingerprint density at radius 2 is 2.00 bits per heavy atom. The van der Waals surface area contributed by atoms with Crippen molar-refractivity contribution in [2.45, 2.75) is 64.3 Å². The van der Waals surface area contributed by atoms with Gasteiger partial charge in [0.1, 0.15) is 0 Å². The molecule has 0 amide bonds. The van der Waals surface area contributed by atoms with Crippen molar-refractivity contribution in [2.24, 2.45) is 11.8 Å². The number of ether oxygens (including phenoxy) is 2. The van der Waals surface area contributed by atoms with E-state index in [2.05, 4.69) is 37.3 Å². The minimum atomic E-state index is 0.0686. The van der Waals surface area contributed by atoms with E-state index in [0.717, 1.165) is 13.0 Å². The molecule has 2 fully saturated rings. The van der Waals surface area contributed by atoms with Crippen LogP contribution in [0.3, 0.4) is 0 Å². The molecule has 21 heavy (non-hydrogen) atoms. The van der Waals surface area contributed by atoms with E-state index in [1.807, 2.05) is 0 Å². The van der Waals surface area contributed by atoms with Crippen LogP contribution in [0.15, 0.2) is 30.3 Å². The first-order chi connectivity index (χ1) is 10.4. The van der Waals surface area contributed by atoms with Crippen molar-refractivity contribution in [3.05, 3.63) is 35.9 Å². The van der Waals surface area contributed by atoms with E-state index >= 15 is 0 Å². The smallest absolute Gasteiger partial charge is 0.161 e. The van der Waals surface area contributed by atoms with Crippen LogP contribution in [0.5, 0.6) is 0 Å². The van der Waals surface area contributed by atoms with Gasteiger partial charge in [0.15, 0.2) is 6.29 Å². The molecule has 2 nitrogen and oxygen atoms in total. The molecule has 1 aromatic rings. The second-order valence-corrected chi connectivity index (χ2v) is 6.57. The number of rotatable bonds is 6. The van der Waals surface area contributed by atoms with Crippen LogP contribution < -0.4 is 0 Å². The lowest BCUT2D eigenvalue weighted by Crippen LogP contribution is -2.29. The molecule has 2 unspecified atom stereocenters. The molecule has 2 aliphatic rings. The highest BCUT2D eigenvalue weighted by Gasteiger charge is 2.45. The third-order valence-electron chi connectivity index (χ3n) is 5.06. The summed E-state index contributed by atoms with van der Waals surface area (Å²) in [6.07, 6.45) is 9.14. The van der Waals surface area contributed by atoms with Gasteiger partial charge in [0, 0.05) is 12.5 Å². The number of fused-ring (bicyclic) bond motifs is 1. The maximum absolute atomic E-state index is 6.27. The molecule has 0 aliphatic carbocycles. The summed E-state index contributed by atoms with van der Waals surface area (Å²) in [5.74, 6) is 1.24. The van der Waals surface area contributed by atoms with Gasteiger partial charge in [0.2, 0.25) is 0 Å². The van der Waals surface area contributed by atoms with Gasteiger partial charge in [-0.1, -0.05) is 56.5 Å². The van der Waals surface area contributed by atoms with Gasteiger partial charge in [-0.25, -0.2) is 0 Å². The third-order valence-corrected chi connectivity index (χ3v) is 5.06. The fourth-order valence-corrected chi connectivity index (χ4v) is 3.93. The SMILES string of the molecule is CCCCC[C@H]1OC2OCCCC2[C@@H]1Cc1ccccc1. The summed E-state index contributed by atoms with van der Waals surface area (Å²) in [5, 5.41) is 0.